The van der Waals surface area contributed by atoms with Crippen LogP contribution in [0.5, 0.6) is 17.2 Å². The van der Waals surface area contributed by atoms with Gasteiger partial charge in [0, 0.05) is 8.39 Å². The summed E-state index contributed by atoms with van der Waals surface area (Å²) in [5.41, 5.74) is 1.03. The summed E-state index contributed by atoms with van der Waals surface area (Å²) in [6.07, 6.45) is 0. The molecule has 194 valence electrons. The average molecular weight is 517 g/mol. The zero-order chi connectivity index (χ0) is 26.5. The summed E-state index contributed by atoms with van der Waals surface area (Å²) in [5, 5.41) is 2.53. The lowest BCUT2D eigenvalue weighted by atomic mass is 10.1. The van der Waals surface area contributed by atoms with Crippen LogP contribution in [-0.4, -0.2) is 40.2 Å². The maximum Gasteiger partial charge on any atom is 0.337 e. The van der Waals surface area contributed by atoms with E-state index in [9.17, 15) is 18.0 Å². The number of benzene rings is 3. The van der Waals surface area contributed by atoms with E-state index < -0.39 is 32.5 Å². The molecular weight excluding hydrogens is 484 g/mol. The third-order valence-corrected chi connectivity index (χ3v) is 6.21. The van der Waals surface area contributed by atoms with Gasteiger partial charge in [0.1, 0.15) is 22.1 Å². The predicted octanol–water partition coefficient (Wildman–Crippen LogP) is 5.22. The first-order valence-electron chi connectivity index (χ1n) is 10.9. The van der Waals surface area contributed by atoms with E-state index in [4.69, 9.17) is 14.2 Å². The van der Waals surface area contributed by atoms with Crippen molar-refractivity contribution in [2.45, 2.75) is 31.2 Å². The number of sulfonamides is 1. The van der Waals surface area contributed by atoms with Gasteiger partial charge in [-0.1, -0.05) is 24.3 Å². The summed E-state index contributed by atoms with van der Waals surface area (Å²) in [4.78, 5) is 24.0. The number of urea groups is 1. The van der Waals surface area contributed by atoms with Gasteiger partial charge in [-0.3, -0.25) is 0 Å². The quantitative estimate of drug-likeness (QED) is 0.413. The Balaban J connectivity index is 0.00000361. The van der Waals surface area contributed by atoms with Gasteiger partial charge in [-0.2, -0.15) is 0 Å². The highest BCUT2D eigenvalue weighted by Gasteiger charge is 2.26. The zero-order valence-corrected chi connectivity index (χ0v) is 21.4. The van der Waals surface area contributed by atoms with Gasteiger partial charge in [-0.25, -0.2) is 22.7 Å². The van der Waals surface area contributed by atoms with Crippen LogP contribution in [0.25, 0.3) is 11.1 Å². The molecule has 3 rings (SSSR count). The largest absolute Gasteiger partial charge is 0.497 e. The van der Waals surface area contributed by atoms with E-state index in [1.807, 2.05) is 35.1 Å². The summed E-state index contributed by atoms with van der Waals surface area (Å²) >= 11 is 0. The number of hydrogen-bond acceptors (Lipinski definition) is 7. The Morgan fingerprint density at radius 1 is 0.861 bits per heavy atom. The molecular formula is C26H32N2O7S. The summed E-state index contributed by atoms with van der Waals surface area (Å²) in [6, 6.07) is 17.4. The SMILES string of the molecule is COC(=O)c1ccc(Oc2cccc(-c3ccc(OC)cc3)c2)c(S(=O)(=O)NC(=O)NC(C)(C)C)c1.[HH].[HH]. The summed E-state index contributed by atoms with van der Waals surface area (Å²) < 4.78 is 44.1. The second-order valence-electron chi connectivity index (χ2n) is 8.82. The van der Waals surface area contributed by atoms with Crippen LogP contribution in [0, 0.1) is 0 Å². The van der Waals surface area contributed by atoms with Crippen LogP contribution in [0.1, 0.15) is 34.0 Å². The molecule has 0 fully saturated rings. The molecule has 10 heteroatoms. The van der Waals surface area contributed by atoms with E-state index >= 15 is 0 Å². The molecule has 3 aromatic rings. The van der Waals surface area contributed by atoms with Gasteiger partial charge in [0.15, 0.2) is 0 Å². The smallest absolute Gasteiger partial charge is 0.337 e. The standard InChI is InChI=1S/C26H28N2O7S.2H2/c1-26(2,3)27-25(30)28-36(31,32)23-16-19(24(29)34-5)11-14-22(23)35-21-8-6-7-18(15-21)17-9-12-20(33-4)13-10-17;;/h6-16H,1-5H3,(H2,27,28,30);2*1H. The highest BCUT2D eigenvalue weighted by atomic mass is 32.2. The molecule has 2 amide bonds. The predicted molar refractivity (Wildman–Crippen MR) is 139 cm³/mol. The van der Waals surface area contributed by atoms with Gasteiger partial charge >= 0.3 is 12.0 Å². The van der Waals surface area contributed by atoms with Gasteiger partial charge in [-0.05, 0) is 74.4 Å². The third kappa shape index (κ3) is 6.76. The van der Waals surface area contributed by atoms with Crippen LogP contribution in [0.3, 0.4) is 0 Å². The van der Waals surface area contributed by atoms with Gasteiger partial charge in [0.2, 0.25) is 0 Å². The number of nitrogens with one attached hydrogen (secondary N) is 2. The first-order chi connectivity index (χ1) is 16.9. The molecule has 0 bridgehead atoms. The van der Waals surface area contributed by atoms with E-state index in [0.29, 0.717) is 5.75 Å². The molecule has 3 aromatic carbocycles. The van der Waals surface area contributed by atoms with Crippen molar-refractivity contribution in [2.24, 2.45) is 0 Å². The fourth-order valence-electron chi connectivity index (χ4n) is 3.24. The van der Waals surface area contributed by atoms with Gasteiger partial charge in [0.25, 0.3) is 10.0 Å². The number of rotatable bonds is 7. The number of carbonyl (C=O) groups excluding carboxylic acids is 2. The van der Waals surface area contributed by atoms with Crippen molar-refractivity contribution in [3.05, 3.63) is 72.3 Å². The molecule has 0 saturated carbocycles. The van der Waals surface area contributed by atoms with E-state index in [-0.39, 0.29) is 14.2 Å². The maximum absolute atomic E-state index is 13.1. The zero-order valence-electron chi connectivity index (χ0n) is 20.6. The van der Waals surface area contributed by atoms with Crippen molar-refractivity contribution < 1.29 is 35.1 Å². The van der Waals surface area contributed by atoms with E-state index in [1.54, 1.807) is 46.1 Å². The number of hydrogen-bond donors (Lipinski definition) is 2. The number of ether oxygens (including phenoxy) is 3. The van der Waals surface area contributed by atoms with E-state index in [0.717, 1.165) is 22.9 Å². The summed E-state index contributed by atoms with van der Waals surface area (Å²) in [6.45, 7) is 5.13. The minimum atomic E-state index is -4.43. The lowest BCUT2D eigenvalue weighted by Gasteiger charge is -2.21. The number of amides is 2. The van der Waals surface area contributed by atoms with Crippen LogP contribution >= 0.6 is 0 Å². The molecule has 0 spiro atoms. The minimum Gasteiger partial charge on any atom is -0.497 e. The molecule has 0 unspecified atom stereocenters. The molecule has 0 aliphatic rings. The van der Waals surface area contributed by atoms with Crippen LogP contribution in [-0.2, 0) is 14.8 Å². The Kier molecular flexibility index (Phi) is 7.89. The maximum atomic E-state index is 13.1. The van der Waals surface area contributed by atoms with Gasteiger partial charge in [-0.15, -0.1) is 0 Å². The third-order valence-electron chi connectivity index (χ3n) is 4.86. The van der Waals surface area contributed by atoms with Crippen molar-refractivity contribution in [3.63, 3.8) is 0 Å². The Hall–Kier alpha value is -4.05. The van der Waals surface area contributed by atoms with Gasteiger partial charge < -0.3 is 19.5 Å². The van der Waals surface area contributed by atoms with Crippen LogP contribution in [0.2, 0.25) is 0 Å². The van der Waals surface area contributed by atoms with E-state index in [2.05, 4.69) is 5.32 Å². The molecule has 36 heavy (non-hydrogen) atoms. The number of methoxy groups -OCH3 is 2. The first kappa shape index (κ1) is 26.6. The summed E-state index contributed by atoms with van der Waals surface area (Å²) in [5.74, 6) is 0.253. The molecule has 0 aliphatic carbocycles. The molecule has 0 aromatic heterocycles. The highest BCUT2D eigenvalue weighted by Crippen LogP contribution is 2.32. The Morgan fingerprint density at radius 2 is 1.56 bits per heavy atom. The lowest BCUT2D eigenvalue weighted by molar-refractivity contribution is 0.0600. The fourth-order valence-corrected chi connectivity index (χ4v) is 4.30. The van der Waals surface area contributed by atoms with Crippen molar-refractivity contribution in [1.82, 2.24) is 10.0 Å². The Bertz CT molecular complexity index is 1370. The first-order valence-corrected chi connectivity index (χ1v) is 12.4. The number of esters is 1. The van der Waals surface area contributed by atoms with Crippen LogP contribution in [0.4, 0.5) is 4.79 Å². The topological polar surface area (TPSA) is 120 Å². The molecule has 0 saturated heterocycles. The molecule has 0 atom stereocenters. The number of carbonyl (C=O) groups is 2. The normalized spacial score (nSPS) is 11.4. The van der Waals surface area contributed by atoms with Crippen molar-refractivity contribution in [2.75, 3.05) is 14.2 Å². The second-order valence-corrected chi connectivity index (χ2v) is 10.5. The molecule has 0 aliphatic heterocycles. The van der Waals surface area contributed by atoms with Crippen molar-refractivity contribution >= 4 is 22.0 Å². The van der Waals surface area contributed by atoms with Crippen molar-refractivity contribution in [3.8, 4) is 28.4 Å². The monoisotopic (exact) mass is 516 g/mol. The fraction of sp³-hybridized carbons (Fsp3) is 0.231. The van der Waals surface area contributed by atoms with Gasteiger partial charge in [0.05, 0.1) is 19.8 Å². The second kappa shape index (κ2) is 10.7. The molecule has 0 radical (unpaired) electrons. The molecule has 2 N–H and O–H groups in total. The van der Waals surface area contributed by atoms with Crippen molar-refractivity contribution in [1.29, 1.82) is 0 Å². The Labute approximate surface area is 213 Å². The molecule has 9 nitrogen and oxygen atoms in total. The average Bonchev–Trinajstić information content (AvgIpc) is 2.82. The molecule has 0 heterocycles. The highest BCUT2D eigenvalue weighted by molar-refractivity contribution is 7.90. The Morgan fingerprint density at radius 3 is 2.17 bits per heavy atom. The van der Waals surface area contributed by atoms with Crippen LogP contribution < -0.4 is 19.5 Å². The van der Waals surface area contributed by atoms with Crippen LogP contribution in [0.15, 0.2) is 71.6 Å². The van der Waals surface area contributed by atoms with E-state index in [1.165, 1.54) is 19.2 Å². The minimum absolute atomic E-state index is 0. The lowest BCUT2D eigenvalue weighted by Crippen LogP contribution is -2.48. The summed E-state index contributed by atoms with van der Waals surface area (Å²) in [7, 11) is -1.66.